The topological polar surface area (TPSA) is 60.7 Å². The largest absolute Gasteiger partial charge is 0.393 e. The summed E-state index contributed by atoms with van der Waals surface area (Å²) in [7, 11) is 0. The lowest BCUT2D eigenvalue weighted by Gasteiger charge is -2.55. The van der Waals surface area contributed by atoms with Crippen molar-refractivity contribution in [2.75, 3.05) is 0 Å². The summed E-state index contributed by atoms with van der Waals surface area (Å²) in [5.41, 5.74) is 0.312. The molecule has 0 heterocycles. The van der Waals surface area contributed by atoms with Crippen molar-refractivity contribution in [2.24, 2.45) is 34.0 Å². The predicted octanol–water partition coefficient (Wildman–Crippen LogP) is 2.48. The SMILES string of the molecule is C[C@]12CC[C@H]3[C@@H](CC[C@]45C[C@@H](O)CC[C@]34[C@@H]5O)[C@@H]1CC[C@@H]2O. The zero-order chi connectivity index (χ0) is 15.3. The summed E-state index contributed by atoms with van der Waals surface area (Å²) in [5.74, 6) is 2.01. The first-order valence-corrected chi connectivity index (χ1v) is 9.50. The summed E-state index contributed by atoms with van der Waals surface area (Å²) >= 11 is 0. The molecule has 0 amide bonds. The highest BCUT2D eigenvalue weighted by atomic mass is 16.3. The van der Waals surface area contributed by atoms with Crippen LogP contribution >= 0.6 is 0 Å². The molecular weight excluding hydrogens is 276 g/mol. The molecule has 5 aliphatic rings. The zero-order valence-corrected chi connectivity index (χ0v) is 13.7. The van der Waals surface area contributed by atoms with Crippen molar-refractivity contribution in [2.45, 2.75) is 83.0 Å². The molecule has 5 fully saturated rings. The van der Waals surface area contributed by atoms with Gasteiger partial charge in [-0.25, -0.2) is 0 Å². The van der Waals surface area contributed by atoms with Gasteiger partial charge in [0.15, 0.2) is 0 Å². The van der Waals surface area contributed by atoms with Crippen LogP contribution in [0, 0.1) is 34.0 Å². The minimum Gasteiger partial charge on any atom is -0.393 e. The molecule has 0 unspecified atom stereocenters. The lowest BCUT2D eigenvalue weighted by molar-refractivity contribution is -0.0935. The van der Waals surface area contributed by atoms with Gasteiger partial charge in [-0.1, -0.05) is 6.92 Å². The number of hydrogen-bond donors (Lipinski definition) is 3. The number of rotatable bonds is 0. The predicted molar refractivity (Wildman–Crippen MR) is 83.0 cm³/mol. The van der Waals surface area contributed by atoms with Crippen LogP contribution in [0.4, 0.5) is 0 Å². The van der Waals surface area contributed by atoms with Gasteiger partial charge in [-0.2, -0.15) is 0 Å². The number of hydrogen-bond acceptors (Lipinski definition) is 3. The Labute approximate surface area is 133 Å². The van der Waals surface area contributed by atoms with E-state index < -0.39 is 0 Å². The Kier molecular flexibility index (Phi) is 2.65. The summed E-state index contributed by atoms with van der Waals surface area (Å²) < 4.78 is 0. The van der Waals surface area contributed by atoms with E-state index in [1.165, 1.54) is 19.3 Å². The second-order valence-corrected chi connectivity index (χ2v) is 9.55. The summed E-state index contributed by atoms with van der Waals surface area (Å²) in [4.78, 5) is 0. The van der Waals surface area contributed by atoms with Crippen LogP contribution < -0.4 is 0 Å². The summed E-state index contributed by atoms with van der Waals surface area (Å²) in [6, 6.07) is 0. The van der Waals surface area contributed by atoms with Crippen LogP contribution in [0.1, 0.15) is 64.7 Å². The van der Waals surface area contributed by atoms with E-state index in [9.17, 15) is 15.3 Å². The fourth-order valence-electron chi connectivity index (χ4n) is 8.24. The number of fused-ring (bicyclic) bond motifs is 3. The molecule has 0 aromatic carbocycles. The zero-order valence-electron chi connectivity index (χ0n) is 13.7. The highest BCUT2D eigenvalue weighted by molar-refractivity contribution is 5.30. The van der Waals surface area contributed by atoms with Crippen molar-refractivity contribution in [1.29, 1.82) is 0 Å². The van der Waals surface area contributed by atoms with Crippen molar-refractivity contribution in [3.63, 3.8) is 0 Å². The van der Waals surface area contributed by atoms with E-state index in [2.05, 4.69) is 6.92 Å². The molecule has 0 bridgehead atoms. The maximum absolute atomic E-state index is 10.9. The van der Waals surface area contributed by atoms with Gasteiger partial charge >= 0.3 is 0 Å². The molecule has 0 spiro atoms. The number of aliphatic hydroxyl groups is 3. The van der Waals surface area contributed by atoms with Gasteiger partial charge in [0, 0.05) is 10.8 Å². The van der Waals surface area contributed by atoms with E-state index in [0.29, 0.717) is 17.8 Å². The molecule has 0 radical (unpaired) electrons. The van der Waals surface area contributed by atoms with Crippen LogP contribution in [-0.2, 0) is 0 Å². The summed E-state index contributed by atoms with van der Waals surface area (Å²) in [6.45, 7) is 2.32. The second-order valence-electron chi connectivity index (χ2n) is 9.55. The molecule has 3 heteroatoms. The van der Waals surface area contributed by atoms with Crippen LogP contribution in [0.2, 0.25) is 0 Å². The van der Waals surface area contributed by atoms with Gasteiger partial charge in [-0.3, -0.25) is 0 Å². The Balaban J connectivity index is 1.51. The summed E-state index contributed by atoms with van der Waals surface area (Å²) in [6.07, 6.45) is 9.07. The van der Waals surface area contributed by atoms with Gasteiger partial charge in [-0.05, 0) is 81.0 Å². The molecule has 3 N–H and O–H groups in total. The van der Waals surface area contributed by atoms with Crippen molar-refractivity contribution >= 4 is 0 Å². The van der Waals surface area contributed by atoms with Crippen molar-refractivity contribution < 1.29 is 15.3 Å². The van der Waals surface area contributed by atoms with Gasteiger partial charge in [-0.15, -0.1) is 0 Å². The average molecular weight is 306 g/mol. The van der Waals surface area contributed by atoms with E-state index in [1.54, 1.807) is 0 Å². The maximum atomic E-state index is 10.9. The molecular formula is C19H30O3. The Morgan fingerprint density at radius 2 is 1.64 bits per heavy atom. The van der Waals surface area contributed by atoms with Gasteiger partial charge in [0.25, 0.3) is 0 Å². The Morgan fingerprint density at radius 3 is 2.45 bits per heavy atom. The first-order chi connectivity index (χ1) is 10.5. The molecule has 22 heavy (non-hydrogen) atoms. The fraction of sp³-hybridized carbons (Fsp3) is 1.00. The lowest BCUT2D eigenvalue weighted by Crippen LogP contribution is -2.50. The molecule has 5 aliphatic carbocycles. The van der Waals surface area contributed by atoms with Crippen LogP contribution in [0.15, 0.2) is 0 Å². The van der Waals surface area contributed by atoms with Crippen LogP contribution in [0.3, 0.4) is 0 Å². The molecule has 0 aliphatic heterocycles. The fourth-order valence-corrected chi connectivity index (χ4v) is 8.24. The molecule has 9 atom stereocenters. The van der Waals surface area contributed by atoms with Crippen LogP contribution in [-0.4, -0.2) is 33.6 Å². The maximum Gasteiger partial charge on any atom is 0.0669 e. The van der Waals surface area contributed by atoms with Crippen molar-refractivity contribution in [3.8, 4) is 0 Å². The van der Waals surface area contributed by atoms with Crippen molar-refractivity contribution in [1.82, 2.24) is 0 Å². The van der Waals surface area contributed by atoms with E-state index >= 15 is 0 Å². The summed E-state index contributed by atoms with van der Waals surface area (Å²) in [5, 5.41) is 31.5. The van der Waals surface area contributed by atoms with Gasteiger partial charge in [0.2, 0.25) is 0 Å². The minimum absolute atomic E-state index is 0.0524. The smallest absolute Gasteiger partial charge is 0.0669 e. The van der Waals surface area contributed by atoms with Crippen molar-refractivity contribution in [3.05, 3.63) is 0 Å². The standard InChI is InChI=1S/C19H30O3/c1-17-7-6-14-12(13(17)2-3-15(17)21)5-8-18-10-11(20)4-9-19(14,18)16(18)22/h11-16,20-22H,2-10H2,1H3/t11-,12-,13-,14-,15-,16+,17-,18+,19+/m0/s1. The lowest BCUT2D eigenvalue weighted by atomic mass is 9.50. The van der Waals surface area contributed by atoms with Gasteiger partial charge < -0.3 is 15.3 Å². The molecule has 5 rings (SSSR count). The first kappa shape index (κ1) is 14.2. The molecule has 3 nitrogen and oxygen atoms in total. The van der Waals surface area contributed by atoms with E-state index in [-0.39, 0.29) is 34.6 Å². The third-order valence-corrected chi connectivity index (χ3v) is 9.32. The Bertz CT molecular complexity index is 507. The third-order valence-electron chi connectivity index (χ3n) is 9.32. The van der Waals surface area contributed by atoms with Crippen LogP contribution in [0.25, 0.3) is 0 Å². The third kappa shape index (κ3) is 1.33. The number of aliphatic hydroxyl groups excluding tert-OH is 3. The Hall–Kier alpha value is -0.120. The molecule has 0 aromatic rings. The van der Waals surface area contributed by atoms with E-state index in [1.807, 2.05) is 0 Å². The second kappa shape index (κ2) is 4.10. The minimum atomic E-state index is -0.191. The van der Waals surface area contributed by atoms with Gasteiger partial charge in [0.1, 0.15) is 0 Å². The molecule has 124 valence electrons. The van der Waals surface area contributed by atoms with Gasteiger partial charge in [0.05, 0.1) is 18.3 Å². The average Bonchev–Trinajstić information content (AvgIpc) is 2.89. The first-order valence-electron chi connectivity index (χ1n) is 9.50. The molecule has 0 saturated heterocycles. The van der Waals surface area contributed by atoms with E-state index in [4.69, 9.17) is 0 Å². The van der Waals surface area contributed by atoms with E-state index in [0.717, 1.165) is 38.5 Å². The highest BCUT2D eigenvalue weighted by Gasteiger charge is 2.82. The molecule has 5 saturated carbocycles. The van der Waals surface area contributed by atoms with Crippen LogP contribution in [0.5, 0.6) is 0 Å². The highest BCUT2D eigenvalue weighted by Crippen LogP contribution is 2.82. The molecule has 0 aromatic heterocycles. The normalized spacial score (nSPS) is 66.0. The monoisotopic (exact) mass is 306 g/mol. The Morgan fingerprint density at radius 1 is 0.818 bits per heavy atom. The quantitative estimate of drug-likeness (QED) is 0.644.